The minimum atomic E-state index is 0.768. The van der Waals surface area contributed by atoms with Gasteiger partial charge in [-0.2, -0.15) is 0 Å². The van der Waals surface area contributed by atoms with E-state index in [2.05, 4.69) is 26.1 Å². The lowest BCUT2D eigenvalue weighted by Gasteiger charge is -2.13. The van der Waals surface area contributed by atoms with E-state index in [-0.39, 0.29) is 0 Å². The van der Waals surface area contributed by atoms with Crippen LogP contribution in [0.1, 0.15) is 40.0 Å². The SMILES string of the molecule is CCC(C)CC1CNC(C)C1. The van der Waals surface area contributed by atoms with Crippen molar-refractivity contribution in [2.45, 2.75) is 46.1 Å². The molecule has 0 amide bonds. The van der Waals surface area contributed by atoms with Gasteiger partial charge in [0.05, 0.1) is 0 Å². The molecule has 1 rings (SSSR count). The van der Waals surface area contributed by atoms with Crippen molar-refractivity contribution in [3.05, 3.63) is 0 Å². The highest BCUT2D eigenvalue weighted by Gasteiger charge is 2.21. The summed E-state index contributed by atoms with van der Waals surface area (Å²) in [5.41, 5.74) is 0. The molecule has 0 radical (unpaired) electrons. The van der Waals surface area contributed by atoms with E-state index in [0.717, 1.165) is 17.9 Å². The molecular formula is C10H21N. The van der Waals surface area contributed by atoms with E-state index < -0.39 is 0 Å². The summed E-state index contributed by atoms with van der Waals surface area (Å²) >= 11 is 0. The normalized spacial score (nSPS) is 34.1. The lowest BCUT2D eigenvalue weighted by Crippen LogP contribution is -2.17. The van der Waals surface area contributed by atoms with Crippen LogP contribution in [-0.2, 0) is 0 Å². The standard InChI is InChI=1S/C10H21N/c1-4-8(2)5-10-6-9(3)11-7-10/h8-11H,4-7H2,1-3H3. The molecule has 1 heteroatoms. The molecular weight excluding hydrogens is 134 g/mol. The monoisotopic (exact) mass is 155 g/mol. The summed E-state index contributed by atoms with van der Waals surface area (Å²) in [5, 5.41) is 3.50. The molecule has 1 aliphatic heterocycles. The lowest BCUT2D eigenvalue weighted by molar-refractivity contribution is 0.401. The average Bonchev–Trinajstić information content (AvgIpc) is 2.35. The fourth-order valence-electron chi connectivity index (χ4n) is 1.95. The van der Waals surface area contributed by atoms with E-state index in [1.165, 1.54) is 25.8 Å². The molecule has 0 bridgehead atoms. The zero-order valence-electron chi connectivity index (χ0n) is 8.06. The summed E-state index contributed by atoms with van der Waals surface area (Å²) in [6.07, 6.45) is 4.16. The van der Waals surface area contributed by atoms with Gasteiger partial charge in [0.2, 0.25) is 0 Å². The molecule has 1 nitrogen and oxygen atoms in total. The number of hydrogen-bond acceptors (Lipinski definition) is 1. The molecule has 1 heterocycles. The highest BCUT2D eigenvalue weighted by Crippen LogP contribution is 2.22. The van der Waals surface area contributed by atoms with Gasteiger partial charge in [-0.3, -0.25) is 0 Å². The highest BCUT2D eigenvalue weighted by molar-refractivity contribution is 4.78. The second kappa shape index (κ2) is 4.10. The quantitative estimate of drug-likeness (QED) is 0.660. The van der Waals surface area contributed by atoms with Crippen LogP contribution in [0.5, 0.6) is 0 Å². The average molecular weight is 155 g/mol. The van der Waals surface area contributed by atoms with E-state index in [1.807, 2.05) is 0 Å². The molecule has 0 aromatic carbocycles. The molecule has 1 N–H and O–H groups in total. The predicted octanol–water partition coefficient (Wildman–Crippen LogP) is 2.42. The predicted molar refractivity (Wildman–Crippen MR) is 49.6 cm³/mol. The van der Waals surface area contributed by atoms with Crippen LogP contribution in [0.4, 0.5) is 0 Å². The summed E-state index contributed by atoms with van der Waals surface area (Å²) in [6.45, 7) is 8.20. The second-order valence-corrected chi connectivity index (χ2v) is 4.16. The van der Waals surface area contributed by atoms with Gasteiger partial charge < -0.3 is 5.32 Å². The molecule has 1 fully saturated rings. The molecule has 66 valence electrons. The third kappa shape index (κ3) is 2.82. The smallest absolute Gasteiger partial charge is 0.00419 e. The van der Waals surface area contributed by atoms with Gasteiger partial charge >= 0.3 is 0 Å². The van der Waals surface area contributed by atoms with Crippen LogP contribution in [-0.4, -0.2) is 12.6 Å². The Bertz CT molecular complexity index is 111. The largest absolute Gasteiger partial charge is 0.314 e. The van der Waals surface area contributed by atoms with Crippen molar-refractivity contribution in [1.82, 2.24) is 5.32 Å². The Morgan fingerprint density at radius 2 is 2.27 bits per heavy atom. The van der Waals surface area contributed by atoms with Gasteiger partial charge in [-0.05, 0) is 38.1 Å². The van der Waals surface area contributed by atoms with Crippen LogP contribution in [0.2, 0.25) is 0 Å². The minimum Gasteiger partial charge on any atom is -0.314 e. The first-order valence-corrected chi connectivity index (χ1v) is 4.95. The van der Waals surface area contributed by atoms with Crippen molar-refractivity contribution >= 4 is 0 Å². The maximum absolute atomic E-state index is 3.50. The van der Waals surface area contributed by atoms with E-state index >= 15 is 0 Å². The first-order valence-electron chi connectivity index (χ1n) is 4.95. The van der Waals surface area contributed by atoms with Crippen LogP contribution < -0.4 is 5.32 Å². The van der Waals surface area contributed by atoms with Crippen LogP contribution in [0.25, 0.3) is 0 Å². The van der Waals surface area contributed by atoms with E-state index in [0.29, 0.717) is 0 Å². The molecule has 3 atom stereocenters. The Balaban J connectivity index is 2.17. The molecule has 0 saturated carbocycles. The van der Waals surface area contributed by atoms with Crippen molar-refractivity contribution in [1.29, 1.82) is 0 Å². The highest BCUT2D eigenvalue weighted by atomic mass is 14.9. The molecule has 0 spiro atoms. The molecule has 3 unspecified atom stereocenters. The lowest BCUT2D eigenvalue weighted by atomic mass is 9.92. The molecule has 0 aromatic rings. The Hall–Kier alpha value is -0.0400. The third-order valence-electron chi connectivity index (χ3n) is 2.87. The Kier molecular flexibility index (Phi) is 3.38. The van der Waals surface area contributed by atoms with Crippen molar-refractivity contribution in [2.24, 2.45) is 11.8 Å². The number of nitrogens with one attached hydrogen (secondary N) is 1. The molecule has 0 aromatic heterocycles. The molecule has 11 heavy (non-hydrogen) atoms. The zero-order valence-corrected chi connectivity index (χ0v) is 8.06. The fraction of sp³-hybridized carbons (Fsp3) is 1.00. The molecule has 1 saturated heterocycles. The Morgan fingerprint density at radius 1 is 1.55 bits per heavy atom. The fourth-order valence-corrected chi connectivity index (χ4v) is 1.95. The summed E-state index contributed by atoms with van der Waals surface area (Å²) < 4.78 is 0. The minimum absolute atomic E-state index is 0.768. The van der Waals surface area contributed by atoms with E-state index in [4.69, 9.17) is 0 Å². The van der Waals surface area contributed by atoms with E-state index in [9.17, 15) is 0 Å². The van der Waals surface area contributed by atoms with Crippen molar-refractivity contribution in [2.75, 3.05) is 6.54 Å². The van der Waals surface area contributed by atoms with Gasteiger partial charge in [0.1, 0.15) is 0 Å². The second-order valence-electron chi connectivity index (χ2n) is 4.16. The first kappa shape index (κ1) is 9.05. The van der Waals surface area contributed by atoms with Crippen molar-refractivity contribution in [3.8, 4) is 0 Å². The summed E-state index contributed by atoms with van der Waals surface area (Å²) in [4.78, 5) is 0. The summed E-state index contributed by atoms with van der Waals surface area (Å²) in [5.74, 6) is 1.88. The van der Waals surface area contributed by atoms with Gasteiger partial charge in [0, 0.05) is 6.04 Å². The van der Waals surface area contributed by atoms with E-state index in [1.54, 1.807) is 0 Å². The van der Waals surface area contributed by atoms with Gasteiger partial charge in [-0.15, -0.1) is 0 Å². The van der Waals surface area contributed by atoms with Crippen LogP contribution in [0, 0.1) is 11.8 Å². The topological polar surface area (TPSA) is 12.0 Å². The summed E-state index contributed by atoms with van der Waals surface area (Å²) in [7, 11) is 0. The van der Waals surface area contributed by atoms with Gasteiger partial charge in [0.15, 0.2) is 0 Å². The van der Waals surface area contributed by atoms with Crippen molar-refractivity contribution in [3.63, 3.8) is 0 Å². The Morgan fingerprint density at radius 3 is 2.73 bits per heavy atom. The third-order valence-corrected chi connectivity index (χ3v) is 2.87. The first-order chi connectivity index (χ1) is 5.22. The molecule has 1 aliphatic rings. The van der Waals surface area contributed by atoms with Gasteiger partial charge in [-0.25, -0.2) is 0 Å². The zero-order chi connectivity index (χ0) is 8.27. The van der Waals surface area contributed by atoms with Gasteiger partial charge in [-0.1, -0.05) is 20.3 Å². The maximum Gasteiger partial charge on any atom is 0.00419 e. The van der Waals surface area contributed by atoms with Crippen LogP contribution in [0.3, 0.4) is 0 Å². The maximum atomic E-state index is 3.50. The van der Waals surface area contributed by atoms with Crippen LogP contribution in [0.15, 0.2) is 0 Å². The number of rotatable bonds is 3. The van der Waals surface area contributed by atoms with Gasteiger partial charge in [0.25, 0.3) is 0 Å². The number of hydrogen-bond donors (Lipinski definition) is 1. The molecule has 0 aliphatic carbocycles. The van der Waals surface area contributed by atoms with Crippen LogP contribution >= 0.6 is 0 Å². The van der Waals surface area contributed by atoms with Crippen molar-refractivity contribution < 1.29 is 0 Å². The summed E-state index contributed by atoms with van der Waals surface area (Å²) in [6, 6.07) is 0.768. The Labute approximate surface area is 70.6 Å².